The number of rotatable bonds is 5. The average molecular weight is 279 g/mol. The second-order valence-electron chi connectivity index (χ2n) is 5.47. The van der Waals surface area contributed by atoms with Gasteiger partial charge >= 0.3 is 0 Å². The maximum Gasteiger partial charge on any atom is 0.133 e. The molecule has 1 aliphatic rings. The molecule has 0 radical (unpaired) electrons. The minimum atomic E-state index is -0.477. The topological polar surface area (TPSA) is 12.0 Å². The molecule has 3 heteroatoms. The highest BCUT2D eigenvalue weighted by Crippen LogP contribution is 2.31. The Morgan fingerprint density at radius 2 is 1.85 bits per heavy atom. The van der Waals surface area contributed by atoms with Gasteiger partial charge in [0.05, 0.1) is 0 Å². The summed E-state index contributed by atoms with van der Waals surface area (Å²) in [4.78, 5) is 0. The van der Waals surface area contributed by atoms with Crippen LogP contribution in [0, 0.1) is 17.6 Å². The van der Waals surface area contributed by atoms with Crippen LogP contribution in [0.15, 0.2) is 23.8 Å². The molecule has 1 N–H and O–H groups in total. The first-order valence-corrected chi connectivity index (χ1v) is 7.57. The quantitative estimate of drug-likeness (QED) is 0.834. The zero-order chi connectivity index (χ0) is 14.4. The van der Waals surface area contributed by atoms with E-state index in [9.17, 15) is 8.78 Å². The maximum atomic E-state index is 13.8. The van der Waals surface area contributed by atoms with Crippen molar-refractivity contribution in [3.8, 4) is 0 Å². The second-order valence-corrected chi connectivity index (χ2v) is 5.47. The predicted molar refractivity (Wildman–Crippen MR) is 79.5 cm³/mol. The van der Waals surface area contributed by atoms with E-state index < -0.39 is 11.6 Å². The molecule has 2 rings (SSSR count). The molecule has 0 bridgehead atoms. The van der Waals surface area contributed by atoms with Crippen LogP contribution in [-0.4, -0.2) is 13.1 Å². The van der Waals surface area contributed by atoms with E-state index in [1.165, 1.54) is 37.5 Å². The summed E-state index contributed by atoms with van der Waals surface area (Å²) < 4.78 is 27.6. The molecule has 0 atom stereocenters. The summed E-state index contributed by atoms with van der Waals surface area (Å²) in [7, 11) is 0. The Morgan fingerprint density at radius 3 is 2.45 bits per heavy atom. The van der Waals surface area contributed by atoms with E-state index in [1.54, 1.807) is 6.08 Å². The molecule has 0 aromatic heterocycles. The van der Waals surface area contributed by atoms with Crippen LogP contribution in [-0.2, 0) is 0 Å². The van der Waals surface area contributed by atoms with Gasteiger partial charge in [0.25, 0.3) is 0 Å². The Hall–Kier alpha value is -1.22. The number of hydrogen-bond donors (Lipinski definition) is 1. The highest BCUT2D eigenvalue weighted by atomic mass is 19.1. The Kier molecular flexibility index (Phi) is 5.72. The molecule has 0 spiro atoms. The van der Waals surface area contributed by atoms with Crippen molar-refractivity contribution in [3.05, 3.63) is 41.0 Å². The lowest BCUT2D eigenvalue weighted by Gasteiger charge is -2.25. The molecule has 1 fully saturated rings. The van der Waals surface area contributed by atoms with Gasteiger partial charge in [-0.2, -0.15) is 0 Å². The normalized spacial score (nSPS) is 17.4. The molecule has 1 aromatic carbocycles. The van der Waals surface area contributed by atoms with Gasteiger partial charge in [0.15, 0.2) is 0 Å². The van der Waals surface area contributed by atoms with Crippen LogP contribution >= 0.6 is 0 Å². The van der Waals surface area contributed by atoms with Crippen molar-refractivity contribution >= 4 is 6.08 Å². The summed E-state index contributed by atoms with van der Waals surface area (Å²) in [5, 5.41) is 3.29. The lowest BCUT2D eigenvalue weighted by Crippen LogP contribution is -2.22. The Balaban J connectivity index is 2.26. The van der Waals surface area contributed by atoms with Crippen molar-refractivity contribution in [2.24, 2.45) is 5.92 Å². The summed E-state index contributed by atoms with van der Waals surface area (Å²) in [6.07, 6.45) is 7.70. The molecule has 1 nitrogen and oxygen atoms in total. The molecule has 0 aliphatic heterocycles. The zero-order valence-corrected chi connectivity index (χ0v) is 12.1. The second kappa shape index (κ2) is 7.53. The van der Waals surface area contributed by atoms with Gasteiger partial charge in [0.2, 0.25) is 0 Å². The summed E-state index contributed by atoms with van der Waals surface area (Å²) in [6, 6.07) is 4.05. The van der Waals surface area contributed by atoms with Crippen LogP contribution in [0.3, 0.4) is 0 Å². The van der Waals surface area contributed by atoms with Gasteiger partial charge in [-0.1, -0.05) is 37.8 Å². The summed E-state index contributed by atoms with van der Waals surface area (Å²) in [6.45, 7) is 3.63. The number of halogens is 2. The molecule has 1 saturated carbocycles. The first-order chi connectivity index (χ1) is 9.72. The summed E-state index contributed by atoms with van der Waals surface area (Å²) in [5.41, 5.74) is 1.24. The lowest BCUT2D eigenvalue weighted by atomic mass is 9.83. The SMILES string of the molecule is CCNC/C(=C/c1c(F)cccc1F)C1CCCCC1. The highest BCUT2D eigenvalue weighted by molar-refractivity contribution is 5.55. The van der Waals surface area contributed by atoms with Crippen molar-refractivity contribution < 1.29 is 8.78 Å². The van der Waals surface area contributed by atoms with Gasteiger partial charge in [0.1, 0.15) is 11.6 Å². The fourth-order valence-electron chi connectivity index (χ4n) is 2.89. The molecule has 0 heterocycles. The molecule has 0 amide bonds. The third-order valence-corrected chi connectivity index (χ3v) is 4.04. The largest absolute Gasteiger partial charge is 0.313 e. The van der Waals surface area contributed by atoms with E-state index in [0.29, 0.717) is 5.92 Å². The van der Waals surface area contributed by atoms with Crippen molar-refractivity contribution in [2.75, 3.05) is 13.1 Å². The van der Waals surface area contributed by atoms with Crippen LogP contribution in [0.2, 0.25) is 0 Å². The van der Waals surface area contributed by atoms with E-state index in [2.05, 4.69) is 5.32 Å². The molecular weight excluding hydrogens is 256 g/mol. The fourth-order valence-corrected chi connectivity index (χ4v) is 2.89. The van der Waals surface area contributed by atoms with Crippen LogP contribution < -0.4 is 5.32 Å². The average Bonchev–Trinajstić information content (AvgIpc) is 2.47. The molecule has 1 aliphatic carbocycles. The Morgan fingerprint density at radius 1 is 1.20 bits per heavy atom. The maximum absolute atomic E-state index is 13.8. The Bertz CT molecular complexity index is 442. The molecule has 20 heavy (non-hydrogen) atoms. The van der Waals surface area contributed by atoms with Gasteiger partial charge in [-0.05, 0) is 43.5 Å². The van der Waals surface area contributed by atoms with Crippen molar-refractivity contribution in [3.63, 3.8) is 0 Å². The van der Waals surface area contributed by atoms with Crippen LogP contribution in [0.4, 0.5) is 8.78 Å². The van der Waals surface area contributed by atoms with Gasteiger partial charge in [-0.25, -0.2) is 8.78 Å². The van der Waals surface area contributed by atoms with E-state index in [0.717, 1.165) is 31.5 Å². The molecule has 1 aromatic rings. The number of benzene rings is 1. The summed E-state index contributed by atoms with van der Waals surface area (Å²) in [5.74, 6) is -0.494. The standard InChI is InChI=1S/C17H23F2N/c1-2-20-12-14(13-7-4-3-5-8-13)11-15-16(18)9-6-10-17(15)19/h6,9-11,13,20H,2-5,7-8,12H2,1H3/b14-11-. The predicted octanol–water partition coefficient (Wildman–Crippen LogP) is 4.54. The van der Waals surface area contributed by atoms with Crippen LogP contribution in [0.1, 0.15) is 44.6 Å². The number of nitrogens with one attached hydrogen (secondary N) is 1. The van der Waals surface area contributed by atoms with E-state index >= 15 is 0 Å². The van der Waals surface area contributed by atoms with Crippen LogP contribution in [0.25, 0.3) is 6.08 Å². The minimum Gasteiger partial charge on any atom is -0.313 e. The van der Waals surface area contributed by atoms with Crippen molar-refractivity contribution in [2.45, 2.75) is 39.0 Å². The fraction of sp³-hybridized carbons (Fsp3) is 0.529. The van der Waals surface area contributed by atoms with E-state index in [-0.39, 0.29) is 5.56 Å². The van der Waals surface area contributed by atoms with Gasteiger partial charge in [-0.15, -0.1) is 0 Å². The third-order valence-electron chi connectivity index (χ3n) is 4.04. The van der Waals surface area contributed by atoms with Crippen molar-refractivity contribution in [1.29, 1.82) is 0 Å². The third kappa shape index (κ3) is 3.89. The number of hydrogen-bond acceptors (Lipinski definition) is 1. The van der Waals surface area contributed by atoms with E-state index in [1.807, 2.05) is 6.92 Å². The van der Waals surface area contributed by atoms with Crippen molar-refractivity contribution in [1.82, 2.24) is 5.32 Å². The molecule has 110 valence electrons. The summed E-state index contributed by atoms with van der Waals surface area (Å²) >= 11 is 0. The minimum absolute atomic E-state index is 0.103. The molecule has 0 unspecified atom stereocenters. The number of likely N-dealkylation sites (N-methyl/N-ethyl adjacent to an activating group) is 1. The van der Waals surface area contributed by atoms with Crippen LogP contribution in [0.5, 0.6) is 0 Å². The monoisotopic (exact) mass is 279 g/mol. The van der Waals surface area contributed by atoms with E-state index in [4.69, 9.17) is 0 Å². The van der Waals surface area contributed by atoms with Gasteiger partial charge in [-0.3, -0.25) is 0 Å². The molecule has 0 saturated heterocycles. The highest BCUT2D eigenvalue weighted by Gasteiger charge is 2.18. The smallest absolute Gasteiger partial charge is 0.133 e. The van der Waals surface area contributed by atoms with Gasteiger partial charge < -0.3 is 5.32 Å². The first kappa shape index (κ1) is 15.2. The molecular formula is C17H23F2N. The first-order valence-electron chi connectivity index (χ1n) is 7.57. The zero-order valence-electron chi connectivity index (χ0n) is 12.1. The lowest BCUT2D eigenvalue weighted by molar-refractivity contribution is 0.397. The van der Waals surface area contributed by atoms with Gasteiger partial charge in [0, 0.05) is 12.1 Å². The Labute approximate surface area is 120 Å².